The summed E-state index contributed by atoms with van der Waals surface area (Å²) < 4.78 is 0. The van der Waals surface area contributed by atoms with Gasteiger partial charge in [0.05, 0.1) is 0 Å². The van der Waals surface area contributed by atoms with E-state index in [0.717, 1.165) is 6.42 Å². The summed E-state index contributed by atoms with van der Waals surface area (Å²) >= 11 is 0. The number of nitrogens with zero attached hydrogens (tertiary/aromatic N) is 1. The first-order valence-electron chi connectivity index (χ1n) is 1.67. The van der Waals surface area contributed by atoms with Gasteiger partial charge in [-0.1, -0.05) is 6.08 Å². The molecule has 0 aromatic heterocycles. The standard InChI is InChI=1S/C4H5N.Na.H/c1-2-4-5-3-1;;/h1,3-4H,2H2;;/q;+1;-1. The Kier molecular flexibility index (Phi) is 3.84. The fraction of sp³-hybridized carbons (Fsp3) is 0.250. The molecule has 0 aromatic rings. The summed E-state index contributed by atoms with van der Waals surface area (Å²) in [6.07, 6.45) is 6.72. The van der Waals surface area contributed by atoms with Crippen LogP contribution in [-0.4, -0.2) is 6.21 Å². The van der Waals surface area contributed by atoms with E-state index in [1.54, 1.807) is 6.20 Å². The van der Waals surface area contributed by atoms with Gasteiger partial charge in [0.2, 0.25) is 0 Å². The van der Waals surface area contributed by atoms with Gasteiger partial charge in [0.25, 0.3) is 0 Å². The second kappa shape index (κ2) is 3.59. The van der Waals surface area contributed by atoms with Crippen LogP contribution in [0.5, 0.6) is 0 Å². The normalized spacial score (nSPS) is 14.7. The van der Waals surface area contributed by atoms with Gasteiger partial charge in [-0.2, -0.15) is 0 Å². The van der Waals surface area contributed by atoms with Gasteiger partial charge in [0.15, 0.2) is 0 Å². The molecule has 0 unspecified atom stereocenters. The predicted molar refractivity (Wildman–Crippen MR) is 23.4 cm³/mol. The average Bonchev–Trinajstić information content (AvgIpc) is 1.76. The van der Waals surface area contributed by atoms with Crippen molar-refractivity contribution in [3.63, 3.8) is 0 Å². The minimum atomic E-state index is 0. The topological polar surface area (TPSA) is 12.4 Å². The van der Waals surface area contributed by atoms with E-state index < -0.39 is 0 Å². The number of rotatable bonds is 0. The van der Waals surface area contributed by atoms with Crippen LogP contribution in [0.3, 0.4) is 0 Å². The third kappa shape index (κ3) is 1.75. The Morgan fingerprint density at radius 2 is 2.50 bits per heavy atom. The van der Waals surface area contributed by atoms with Gasteiger partial charge >= 0.3 is 29.6 Å². The summed E-state index contributed by atoms with van der Waals surface area (Å²) in [5.41, 5.74) is 0. The van der Waals surface area contributed by atoms with Crippen LogP contribution in [0, 0.1) is 0 Å². The van der Waals surface area contributed by atoms with E-state index in [1.807, 2.05) is 12.3 Å². The third-order valence-corrected chi connectivity index (χ3v) is 0.538. The van der Waals surface area contributed by atoms with Crippen molar-refractivity contribution in [1.29, 1.82) is 0 Å². The number of allylic oxidation sites excluding steroid dienone is 1. The first-order valence-corrected chi connectivity index (χ1v) is 1.67. The molecular formula is C4H6NNa. The summed E-state index contributed by atoms with van der Waals surface area (Å²) in [5, 5.41) is 0. The monoisotopic (exact) mass is 91.0 g/mol. The van der Waals surface area contributed by atoms with E-state index in [2.05, 4.69) is 4.99 Å². The Morgan fingerprint density at radius 3 is 2.67 bits per heavy atom. The third-order valence-electron chi connectivity index (χ3n) is 0.538. The van der Waals surface area contributed by atoms with E-state index >= 15 is 0 Å². The Bertz CT molecular complexity index is 69.8. The molecular weight excluding hydrogens is 85.0 g/mol. The zero-order chi connectivity index (χ0) is 3.54. The van der Waals surface area contributed by atoms with Crippen molar-refractivity contribution in [3.05, 3.63) is 12.3 Å². The molecule has 1 heterocycles. The molecule has 1 aliphatic heterocycles. The molecule has 0 fully saturated rings. The first-order chi connectivity index (χ1) is 2.50. The fourth-order valence-electron chi connectivity index (χ4n) is 0.304. The maximum Gasteiger partial charge on any atom is 1.00 e. The maximum atomic E-state index is 3.78. The van der Waals surface area contributed by atoms with Crippen LogP contribution in [0.1, 0.15) is 7.85 Å². The first kappa shape index (κ1) is 6.41. The molecule has 0 aliphatic carbocycles. The second-order valence-corrected chi connectivity index (χ2v) is 0.952. The van der Waals surface area contributed by atoms with Gasteiger partial charge in [-0.05, 0) is 0 Å². The van der Waals surface area contributed by atoms with E-state index in [1.165, 1.54) is 0 Å². The molecule has 1 rings (SSSR count). The predicted octanol–water partition coefficient (Wildman–Crippen LogP) is -1.91. The van der Waals surface area contributed by atoms with Crippen molar-refractivity contribution in [2.45, 2.75) is 6.42 Å². The van der Waals surface area contributed by atoms with Gasteiger partial charge in [0.1, 0.15) is 0 Å². The van der Waals surface area contributed by atoms with Crippen LogP contribution in [0.4, 0.5) is 0 Å². The molecule has 0 bridgehead atoms. The largest absolute Gasteiger partial charge is 1.00 e. The Morgan fingerprint density at radius 1 is 1.67 bits per heavy atom. The average molecular weight is 91.1 g/mol. The van der Waals surface area contributed by atoms with E-state index in [0.29, 0.717) is 0 Å². The van der Waals surface area contributed by atoms with E-state index in [4.69, 9.17) is 0 Å². The zero-order valence-electron chi connectivity index (χ0n) is 4.89. The molecule has 0 aromatic carbocycles. The van der Waals surface area contributed by atoms with Crippen molar-refractivity contribution in [3.8, 4) is 0 Å². The van der Waals surface area contributed by atoms with Crippen LogP contribution in [0.15, 0.2) is 17.3 Å². The summed E-state index contributed by atoms with van der Waals surface area (Å²) in [6.45, 7) is 0. The van der Waals surface area contributed by atoms with Crippen LogP contribution < -0.4 is 29.6 Å². The van der Waals surface area contributed by atoms with Gasteiger partial charge in [0, 0.05) is 18.8 Å². The van der Waals surface area contributed by atoms with Crippen LogP contribution in [0.25, 0.3) is 0 Å². The molecule has 0 spiro atoms. The fourth-order valence-corrected chi connectivity index (χ4v) is 0.304. The molecule has 2 heteroatoms. The summed E-state index contributed by atoms with van der Waals surface area (Å²) in [4.78, 5) is 3.78. The van der Waals surface area contributed by atoms with E-state index in [-0.39, 0.29) is 31.0 Å². The smallest absolute Gasteiger partial charge is 1.00 e. The molecule has 0 atom stereocenters. The van der Waals surface area contributed by atoms with Gasteiger partial charge in [-0.3, -0.25) is 4.99 Å². The quantitative estimate of drug-likeness (QED) is 0.308. The summed E-state index contributed by atoms with van der Waals surface area (Å²) in [6, 6.07) is 0. The molecule has 6 heavy (non-hydrogen) atoms. The second-order valence-electron chi connectivity index (χ2n) is 0.952. The molecule has 0 saturated heterocycles. The Labute approximate surface area is 60.9 Å². The minimum absolute atomic E-state index is 0. The molecule has 1 aliphatic rings. The molecule has 1 nitrogen and oxygen atoms in total. The summed E-state index contributed by atoms with van der Waals surface area (Å²) in [7, 11) is 0. The van der Waals surface area contributed by atoms with E-state index in [9.17, 15) is 0 Å². The molecule has 0 radical (unpaired) electrons. The van der Waals surface area contributed by atoms with Gasteiger partial charge in [-0.15, -0.1) is 0 Å². The van der Waals surface area contributed by atoms with Crippen LogP contribution in [-0.2, 0) is 0 Å². The molecule has 0 N–H and O–H groups in total. The van der Waals surface area contributed by atoms with Gasteiger partial charge in [-0.25, -0.2) is 0 Å². The van der Waals surface area contributed by atoms with Crippen molar-refractivity contribution in [2.24, 2.45) is 4.99 Å². The number of hydrogen-bond donors (Lipinski definition) is 0. The maximum absolute atomic E-state index is 3.78. The Hall–Kier alpha value is 0.410. The molecule has 0 amide bonds. The Balaban J connectivity index is 0. The SMILES string of the molecule is C1=CN=CC1.[H-].[Na+]. The molecule has 28 valence electrons. The number of aliphatic imine (C=N–C) groups is 1. The minimum Gasteiger partial charge on any atom is -1.00 e. The number of hydrogen-bond acceptors (Lipinski definition) is 1. The van der Waals surface area contributed by atoms with Crippen molar-refractivity contribution >= 4 is 6.21 Å². The summed E-state index contributed by atoms with van der Waals surface area (Å²) in [5.74, 6) is 0. The van der Waals surface area contributed by atoms with Crippen molar-refractivity contribution in [1.82, 2.24) is 0 Å². The molecule has 0 saturated carbocycles. The zero-order valence-corrected chi connectivity index (χ0v) is 5.89. The van der Waals surface area contributed by atoms with Gasteiger partial charge < -0.3 is 1.43 Å². The van der Waals surface area contributed by atoms with Crippen LogP contribution >= 0.6 is 0 Å². The van der Waals surface area contributed by atoms with Crippen LogP contribution in [0.2, 0.25) is 0 Å². The van der Waals surface area contributed by atoms with Crippen molar-refractivity contribution in [2.75, 3.05) is 0 Å². The van der Waals surface area contributed by atoms with Crippen molar-refractivity contribution < 1.29 is 31.0 Å².